The lowest BCUT2D eigenvalue weighted by Crippen LogP contribution is -2.25. The van der Waals surface area contributed by atoms with Gasteiger partial charge in [-0.25, -0.2) is 0 Å². The highest BCUT2D eigenvalue weighted by Crippen LogP contribution is 2.07. The highest BCUT2D eigenvalue weighted by atomic mass is 16.8. The smallest absolute Gasteiger partial charge is 0.308 e. The molecule has 2 unspecified atom stereocenters. The topological polar surface area (TPSA) is 82.1 Å². The number of benzene rings is 1. The van der Waals surface area contributed by atoms with Crippen LogP contribution in [0.25, 0.3) is 0 Å². The van der Waals surface area contributed by atoms with Gasteiger partial charge in [-0.15, -0.1) is 0 Å². The number of ether oxygens (including phenoxy) is 3. The van der Waals surface area contributed by atoms with Crippen molar-refractivity contribution in [1.82, 2.24) is 0 Å². The summed E-state index contributed by atoms with van der Waals surface area (Å²) < 4.78 is 16.1. The number of carbonyl (C=O) groups excluding carboxylic acids is 1. The predicted octanol–water partition coefficient (Wildman–Crippen LogP) is 3.14. The first kappa shape index (κ1) is 20.1. The van der Waals surface area contributed by atoms with Gasteiger partial charge in [-0.05, 0) is 38.7 Å². The molecule has 1 aromatic rings. The van der Waals surface area contributed by atoms with Crippen LogP contribution >= 0.6 is 0 Å². The summed E-state index contributed by atoms with van der Waals surface area (Å²) in [6.45, 7) is 3.90. The van der Waals surface area contributed by atoms with E-state index in [2.05, 4.69) is 0 Å². The molecule has 0 heterocycles. The number of aliphatic carboxylic acids is 1. The maximum absolute atomic E-state index is 11.6. The summed E-state index contributed by atoms with van der Waals surface area (Å²) in [6, 6.07) is 9.99. The normalized spacial score (nSPS) is 13.2. The minimum atomic E-state index is -0.860. The molecule has 6 nitrogen and oxygen atoms in total. The van der Waals surface area contributed by atoms with Gasteiger partial charge in [0.1, 0.15) is 0 Å². The Labute approximate surface area is 142 Å². The van der Waals surface area contributed by atoms with E-state index in [0.717, 1.165) is 6.42 Å². The third-order valence-electron chi connectivity index (χ3n) is 3.29. The summed E-state index contributed by atoms with van der Waals surface area (Å²) >= 11 is 0. The average Bonchev–Trinajstić information content (AvgIpc) is 2.52. The molecular formula is C18H26O6. The highest BCUT2D eigenvalue weighted by molar-refractivity contribution is 5.69. The van der Waals surface area contributed by atoms with Crippen LogP contribution in [0.15, 0.2) is 30.3 Å². The van der Waals surface area contributed by atoms with E-state index in [-0.39, 0.29) is 12.8 Å². The first-order valence-corrected chi connectivity index (χ1v) is 8.19. The first-order valence-electron chi connectivity index (χ1n) is 8.19. The number of unbranched alkanes of at least 4 members (excludes halogenated alkanes) is 1. The lowest BCUT2D eigenvalue weighted by Gasteiger charge is -2.19. The van der Waals surface area contributed by atoms with Crippen molar-refractivity contribution in [2.45, 2.75) is 58.5 Å². The van der Waals surface area contributed by atoms with Crippen LogP contribution in [0.3, 0.4) is 0 Å². The largest absolute Gasteiger partial charge is 0.481 e. The van der Waals surface area contributed by atoms with Crippen LogP contribution in [-0.4, -0.2) is 36.2 Å². The third kappa shape index (κ3) is 9.97. The van der Waals surface area contributed by atoms with Gasteiger partial charge in [0.25, 0.3) is 0 Å². The molecule has 0 aliphatic carbocycles. The summed E-state index contributed by atoms with van der Waals surface area (Å²) in [7, 11) is 0. The van der Waals surface area contributed by atoms with E-state index >= 15 is 0 Å². The molecule has 6 heteroatoms. The molecular weight excluding hydrogens is 312 g/mol. The molecule has 134 valence electrons. The molecule has 0 fully saturated rings. The van der Waals surface area contributed by atoms with Gasteiger partial charge >= 0.3 is 11.9 Å². The van der Waals surface area contributed by atoms with Crippen LogP contribution in [0.4, 0.5) is 0 Å². The van der Waals surface area contributed by atoms with E-state index in [9.17, 15) is 9.59 Å². The number of hydrogen-bond acceptors (Lipinski definition) is 5. The third-order valence-corrected chi connectivity index (χ3v) is 3.29. The average molecular weight is 338 g/mol. The number of esters is 1. The van der Waals surface area contributed by atoms with E-state index in [0.29, 0.717) is 19.4 Å². The molecule has 24 heavy (non-hydrogen) atoms. The Morgan fingerprint density at radius 3 is 2.38 bits per heavy atom. The van der Waals surface area contributed by atoms with Crippen molar-refractivity contribution >= 4 is 11.9 Å². The van der Waals surface area contributed by atoms with E-state index < -0.39 is 24.5 Å². The van der Waals surface area contributed by atoms with Crippen molar-refractivity contribution in [1.29, 1.82) is 0 Å². The van der Waals surface area contributed by atoms with Crippen LogP contribution in [0.2, 0.25) is 0 Å². The quantitative estimate of drug-likeness (QED) is 0.358. The van der Waals surface area contributed by atoms with Crippen LogP contribution in [0, 0.1) is 0 Å². The summed E-state index contributed by atoms with van der Waals surface area (Å²) in [5.41, 5.74) is 1.19. The van der Waals surface area contributed by atoms with Crippen molar-refractivity contribution in [3.05, 3.63) is 35.9 Å². The Kier molecular flexibility index (Phi) is 9.72. The SMILES string of the molecule is CC(OCCc1ccccc1)OC(C)OC(=O)CCCCC(=O)O. The standard InChI is InChI=1S/C18H26O6/c1-14(22-13-12-16-8-4-3-5-9-16)23-15(2)24-18(21)11-7-6-10-17(19)20/h3-5,8-9,14-15H,6-7,10-13H2,1-2H3,(H,19,20). The van der Waals surface area contributed by atoms with Crippen molar-refractivity contribution < 1.29 is 28.9 Å². The molecule has 0 saturated carbocycles. The molecule has 0 saturated heterocycles. The van der Waals surface area contributed by atoms with Gasteiger partial charge in [0, 0.05) is 12.8 Å². The number of carboxylic acids is 1. The van der Waals surface area contributed by atoms with Crippen LogP contribution < -0.4 is 0 Å². The molecule has 1 N–H and O–H groups in total. The molecule has 0 amide bonds. The summed E-state index contributed by atoms with van der Waals surface area (Å²) in [5.74, 6) is -1.26. The summed E-state index contributed by atoms with van der Waals surface area (Å²) in [4.78, 5) is 22.0. The van der Waals surface area contributed by atoms with E-state index in [1.807, 2.05) is 30.3 Å². The Morgan fingerprint density at radius 1 is 1.04 bits per heavy atom. The van der Waals surface area contributed by atoms with Gasteiger partial charge in [-0.2, -0.15) is 0 Å². The first-order chi connectivity index (χ1) is 11.5. The number of rotatable bonds is 12. The lowest BCUT2D eigenvalue weighted by atomic mass is 10.2. The van der Waals surface area contributed by atoms with Gasteiger partial charge in [-0.1, -0.05) is 30.3 Å². The predicted molar refractivity (Wildman–Crippen MR) is 88.3 cm³/mol. The van der Waals surface area contributed by atoms with Crippen molar-refractivity contribution in [3.8, 4) is 0 Å². The Bertz CT molecular complexity index is 488. The van der Waals surface area contributed by atoms with Gasteiger partial charge < -0.3 is 19.3 Å². The second-order valence-corrected chi connectivity index (χ2v) is 5.47. The fourth-order valence-electron chi connectivity index (χ4n) is 2.11. The number of carboxylic acid groups (broad SMARTS) is 1. The van der Waals surface area contributed by atoms with Crippen LogP contribution in [-0.2, 0) is 30.2 Å². The fraction of sp³-hybridized carbons (Fsp3) is 0.556. The van der Waals surface area contributed by atoms with Gasteiger partial charge in [0.15, 0.2) is 6.29 Å². The van der Waals surface area contributed by atoms with E-state index in [1.54, 1.807) is 13.8 Å². The molecule has 0 radical (unpaired) electrons. The molecule has 0 aliphatic heterocycles. The van der Waals surface area contributed by atoms with Crippen molar-refractivity contribution in [3.63, 3.8) is 0 Å². The number of hydrogen-bond donors (Lipinski definition) is 1. The highest BCUT2D eigenvalue weighted by Gasteiger charge is 2.13. The Morgan fingerprint density at radius 2 is 1.71 bits per heavy atom. The van der Waals surface area contributed by atoms with Crippen molar-refractivity contribution in [2.75, 3.05) is 6.61 Å². The number of carbonyl (C=O) groups is 2. The minimum Gasteiger partial charge on any atom is -0.481 e. The summed E-state index contributed by atoms with van der Waals surface area (Å²) in [5, 5.41) is 8.52. The molecule has 0 bridgehead atoms. The van der Waals surface area contributed by atoms with Gasteiger partial charge in [-0.3, -0.25) is 9.59 Å². The maximum atomic E-state index is 11.6. The fourth-order valence-corrected chi connectivity index (χ4v) is 2.11. The zero-order valence-corrected chi connectivity index (χ0v) is 14.3. The molecule has 1 aromatic carbocycles. The van der Waals surface area contributed by atoms with Crippen LogP contribution in [0.5, 0.6) is 0 Å². The second kappa shape index (κ2) is 11.6. The summed E-state index contributed by atoms with van der Waals surface area (Å²) in [6.07, 6.45) is 0.786. The zero-order chi connectivity index (χ0) is 17.8. The van der Waals surface area contributed by atoms with Crippen LogP contribution in [0.1, 0.15) is 45.1 Å². The molecule has 0 aliphatic rings. The van der Waals surface area contributed by atoms with Crippen molar-refractivity contribution in [2.24, 2.45) is 0 Å². The molecule has 1 rings (SSSR count). The van der Waals surface area contributed by atoms with Gasteiger partial charge in [0.2, 0.25) is 6.29 Å². The van der Waals surface area contributed by atoms with Gasteiger partial charge in [0.05, 0.1) is 6.61 Å². The van der Waals surface area contributed by atoms with E-state index in [4.69, 9.17) is 19.3 Å². The van der Waals surface area contributed by atoms with E-state index in [1.165, 1.54) is 5.56 Å². The second-order valence-electron chi connectivity index (χ2n) is 5.47. The monoisotopic (exact) mass is 338 g/mol. The molecule has 0 spiro atoms. The molecule has 0 aromatic heterocycles. The zero-order valence-electron chi connectivity index (χ0n) is 14.3. The molecule has 2 atom stereocenters. The minimum absolute atomic E-state index is 0.0611. The Balaban J connectivity index is 2.11. The maximum Gasteiger partial charge on any atom is 0.308 e. The Hall–Kier alpha value is -1.92. The lowest BCUT2D eigenvalue weighted by molar-refractivity contribution is -0.228.